The number of aliphatic hydroxyl groups excluding tert-OH is 1. The molecule has 0 aliphatic rings. The van der Waals surface area contributed by atoms with Gasteiger partial charge in [-0.3, -0.25) is 9.48 Å². The Morgan fingerprint density at radius 1 is 1.23 bits per heavy atom. The Kier molecular flexibility index (Phi) is 6.47. The molecule has 9 nitrogen and oxygen atoms in total. The lowest BCUT2D eigenvalue weighted by Crippen LogP contribution is -2.23. The first-order valence-corrected chi connectivity index (χ1v) is 8.74. The van der Waals surface area contributed by atoms with Gasteiger partial charge in [0.25, 0.3) is 0 Å². The predicted molar refractivity (Wildman–Crippen MR) is 101 cm³/mol. The van der Waals surface area contributed by atoms with Gasteiger partial charge in [0.15, 0.2) is 11.6 Å². The maximum absolute atomic E-state index is 14.2. The van der Waals surface area contributed by atoms with Crippen molar-refractivity contribution in [3.05, 3.63) is 59.8 Å². The summed E-state index contributed by atoms with van der Waals surface area (Å²) >= 11 is 0. The molecule has 0 aliphatic carbocycles. The van der Waals surface area contributed by atoms with Crippen molar-refractivity contribution in [3.63, 3.8) is 0 Å². The number of nitrogens with one attached hydrogen (secondary N) is 3. The topological polar surface area (TPSA) is 117 Å². The van der Waals surface area contributed by atoms with Gasteiger partial charge < -0.3 is 21.1 Å². The van der Waals surface area contributed by atoms with Crippen LogP contribution in [0.4, 0.5) is 30.6 Å². The Morgan fingerprint density at radius 2 is 2.03 bits per heavy atom. The zero-order valence-electron chi connectivity index (χ0n) is 15.7. The number of nitrogens with zero attached hydrogens (tertiary/aromatic N) is 4. The number of carbonyl (C=O) groups is 1. The van der Waals surface area contributed by atoms with E-state index in [2.05, 4.69) is 31.0 Å². The van der Waals surface area contributed by atoms with Crippen LogP contribution in [0.1, 0.15) is 11.6 Å². The predicted octanol–water partition coefficient (Wildman–Crippen LogP) is 1.73. The minimum Gasteiger partial charge on any atom is -0.394 e. The largest absolute Gasteiger partial charge is 0.394 e. The molecule has 3 aromatic rings. The molecule has 30 heavy (non-hydrogen) atoms. The number of anilines is 3. The maximum atomic E-state index is 14.2. The van der Waals surface area contributed by atoms with Gasteiger partial charge in [-0.05, 0) is 18.2 Å². The van der Waals surface area contributed by atoms with Crippen LogP contribution in [0, 0.1) is 17.5 Å². The number of hydrogen-bond acceptors (Lipinski definition) is 7. The second-order valence-electron chi connectivity index (χ2n) is 6.16. The van der Waals surface area contributed by atoms with Crippen molar-refractivity contribution in [1.82, 2.24) is 25.1 Å². The molecule has 12 heteroatoms. The summed E-state index contributed by atoms with van der Waals surface area (Å²) in [7, 11) is 1.50. The molecule has 1 amide bonds. The Bertz CT molecular complexity index is 1040. The lowest BCUT2D eigenvalue weighted by molar-refractivity contribution is -0.121. The molecule has 0 bridgehead atoms. The second kappa shape index (κ2) is 9.22. The van der Waals surface area contributed by atoms with E-state index in [1.165, 1.54) is 24.1 Å². The SMILES string of the molecule is CNC(=O)Cn1cc(Nc2ncc(F)c(N[C@H](CO)c3cc(F)ccc3F)n2)cn1. The van der Waals surface area contributed by atoms with Gasteiger partial charge in [-0.1, -0.05) is 0 Å². The average Bonchev–Trinajstić information content (AvgIpc) is 3.16. The fraction of sp³-hybridized carbons (Fsp3) is 0.222. The third-order valence-corrected chi connectivity index (χ3v) is 4.04. The monoisotopic (exact) mass is 421 g/mol. The highest BCUT2D eigenvalue weighted by Gasteiger charge is 2.19. The number of amides is 1. The first-order valence-electron chi connectivity index (χ1n) is 8.74. The zero-order chi connectivity index (χ0) is 21.7. The molecule has 4 N–H and O–H groups in total. The van der Waals surface area contributed by atoms with Crippen molar-refractivity contribution < 1.29 is 23.1 Å². The maximum Gasteiger partial charge on any atom is 0.241 e. The van der Waals surface area contributed by atoms with Gasteiger partial charge in [0, 0.05) is 18.8 Å². The van der Waals surface area contributed by atoms with Crippen LogP contribution < -0.4 is 16.0 Å². The van der Waals surface area contributed by atoms with Gasteiger partial charge in [-0.2, -0.15) is 10.1 Å². The van der Waals surface area contributed by atoms with E-state index in [4.69, 9.17) is 0 Å². The number of hydrogen-bond donors (Lipinski definition) is 4. The quantitative estimate of drug-likeness (QED) is 0.438. The molecular formula is C18H18F3N7O2. The van der Waals surface area contributed by atoms with Crippen LogP contribution in [0.3, 0.4) is 0 Å². The summed E-state index contributed by atoms with van der Waals surface area (Å²) < 4.78 is 43.0. The summed E-state index contributed by atoms with van der Waals surface area (Å²) in [5.74, 6) is -2.91. The molecule has 158 valence electrons. The van der Waals surface area contributed by atoms with E-state index >= 15 is 0 Å². The highest BCUT2D eigenvalue weighted by atomic mass is 19.1. The van der Waals surface area contributed by atoms with Gasteiger partial charge in [0.1, 0.15) is 18.2 Å². The van der Waals surface area contributed by atoms with Crippen molar-refractivity contribution in [2.75, 3.05) is 24.3 Å². The van der Waals surface area contributed by atoms with Crippen molar-refractivity contribution in [1.29, 1.82) is 0 Å². The zero-order valence-corrected chi connectivity index (χ0v) is 15.7. The lowest BCUT2D eigenvalue weighted by atomic mass is 10.1. The minimum absolute atomic E-state index is 0.00659. The summed E-state index contributed by atoms with van der Waals surface area (Å²) in [6.07, 6.45) is 3.82. The second-order valence-corrected chi connectivity index (χ2v) is 6.16. The highest BCUT2D eigenvalue weighted by Crippen LogP contribution is 2.24. The Hall–Kier alpha value is -3.67. The fourth-order valence-corrected chi connectivity index (χ4v) is 2.57. The summed E-state index contributed by atoms with van der Waals surface area (Å²) in [4.78, 5) is 19.2. The Labute approximate surface area is 169 Å². The first-order chi connectivity index (χ1) is 14.4. The molecule has 0 aliphatic heterocycles. The Morgan fingerprint density at radius 3 is 2.77 bits per heavy atom. The van der Waals surface area contributed by atoms with Crippen LogP contribution in [0.15, 0.2) is 36.8 Å². The molecule has 3 rings (SSSR count). The molecule has 0 saturated heterocycles. The molecule has 0 saturated carbocycles. The van der Waals surface area contributed by atoms with E-state index in [1.54, 1.807) is 0 Å². The number of rotatable bonds is 8. The van der Waals surface area contributed by atoms with Crippen molar-refractivity contribution in [2.45, 2.75) is 12.6 Å². The van der Waals surface area contributed by atoms with Crippen LogP contribution in [-0.4, -0.2) is 44.4 Å². The van der Waals surface area contributed by atoms with Gasteiger partial charge in [0.2, 0.25) is 11.9 Å². The Balaban J connectivity index is 1.78. The molecule has 1 atom stereocenters. The number of carbonyl (C=O) groups excluding carboxylic acids is 1. The number of benzene rings is 1. The van der Waals surface area contributed by atoms with Gasteiger partial charge in [0.05, 0.1) is 30.7 Å². The lowest BCUT2D eigenvalue weighted by Gasteiger charge is -2.18. The standard InChI is InChI=1S/C18H18F3N7O2/c1-22-16(30)8-28-7-11(5-24-28)25-18-23-6-14(21)17(27-18)26-15(9-29)12-4-10(19)2-3-13(12)20/h2-7,15,29H,8-9H2,1H3,(H,22,30)(H2,23,25,26,27)/t15-/m1/s1. The molecule has 2 aromatic heterocycles. The van der Waals surface area contributed by atoms with E-state index in [1.807, 2.05) is 0 Å². The average molecular weight is 421 g/mol. The van der Waals surface area contributed by atoms with Crippen molar-refractivity contribution in [3.8, 4) is 0 Å². The summed E-state index contributed by atoms with van der Waals surface area (Å²) in [6.45, 7) is -0.633. The van der Waals surface area contributed by atoms with E-state index in [0.717, 1.165) is 24.4 Å². The summed E-state index contributed by atoms with van der Waals surface area (Å²) in [6, 6.07) is 1.61. The fourth-order valence-electron chi connectivity index (χ4n) is 2.57. The number of halogens is 3. The number of aromatic nitrogens is 4. The van der Waals surface area contributed by atoms with Crippen molar-refractivity contribution >= 4 is 23.4 Å². The van der Waals surface area contributed by atoms with Gasteiger partial charge >= 0.3 is 0 Å². The van der Waals surface area contributed by atoms with Crippen LogP contribution in [0.2, 0.25) is 0 Å². The minimum atomic E-state index is -1.15. The molecule has 0 unspecified atom stereocenters. The van der Waals surface area contributed by atoms with Crippen LogP contribution >= 0.6 is 0 Å². The molecule has 0 spiro atoms. The van der Waals surface area contributed by atoms with Crippen LogP contribution in [-0.2, 0) is 11.3 Å². The third kappa shape index (κ3) is 5.03. The summed E-state index contributed by atoms with van der Waals surface area (Å²) in [5, 5.41) is 21.4. The van der Waals surface area contributed by atoms with E-state index in [9.17, 15) is 23.1 Å². The number of aliphatic hydroxyl groups is 1. The third-order valence-electron chi connectivity index (χ3n) is 4.04. The molecular weight excluding hydrogens is 403 g/mol. The summed E-state index contributed by atoms with van der Waals surface area (Å²) in [5.41, 5.74) is 0.256. The van der Waals surface area contributed by atoms with Crippen LogP contribution in [0.5, 0.6) is 0 Å². The number of likely N-dealkylation sites (N-methyl/N-ethyl adjacent to an activating group) is 1. The van der Waals surface area contributed by atoms with E-state index < -0.39 is 30.1 Å². The molecule has 0 radical (unpaired) electrons. The molecule has 2 heterocycles. The first kappa shape index (κ1) is 21.0. The van der Waals surface area contributed by atoms with Gasteiger partial charge in [-0.15, -0.1) is 0 Å². The van der Waals surface area contributed by atoms with E-state index in [-0.39, 0.29) is 29.8 Å². The smallest absolute Gasteiger partial charge is 0.241 e. The normalized spacial score (nSPS) is 11.8. The van der Waals surface area contributed by atoms with Crippen LogP contribution in [0.25, 0.3) is 0 Å². The molecule has 0 fully saturated rings. The van der Waals surface area contributed by atoms with E-state index in [0.29, 0.717) is 5.69 Å². The van der Waals surface area contributed by atoms with Crippen molar-refractivity contribution in [2.24, 2.45) is 0 Å². The van der Waals surface area contributed by atoms with Gasteiger partial charge in [-0.25, -0.2) is 18.2 Å². The highest BCUT2D eigenvalue weighted by molar-refractivity contribution is 5.75. The molecule has 1 aromatic carbocycles.